The summed E-state index contributed by atoms with van der Waals surface area (Å²) in [4.78, 5) is 51.7. The van der Waals surface area contributed by atoms with Crippen molar-refractivity contribution in [3.05, 3.63) is 12.3 Å². The van der Waals surface area contributed by atoms with E-state index in [9.17, 15) is 29.4 Å². The minimum atomic E-state index is -1.40. The van der Waals surface area contributed by atoms with Crippen molar-refractivity contribution in [1.82, 2.24) is 16.0 Å². The molecule has 1 fully saturated rings. The fraction of sp³-hybridized carbons (Fsp3) is 0.786. The SMILES string of the molecule is C=C1NC(=O)[C@@H]([C@@H](C)O)NC(=O)[C@@H](C(C)C)NC(=O)[C@@H](C)[C@@H](O)[C@H](C)[C@@H](CCCCCCCCC)OC1=O. The summed E-state index contributed by atoms with van der Waals surface area (Å²) in [7, 11) is 0. The predicted molar refractivity (Wildman–Crippen MR) is 144 cm³/mol. The highest BCUT2D eigenvalue weighted by molar-refractivity contribution is 5.97. The first-order valence-electron chi connectivity index (χ1n) is 14.0. The number of esters is 1. The van der Waals surface area contributed by atoms with Gasteiger partial charge in [0.2, 0.25) is 17.7 Å². The molecular formula is C28H49N3O7. The summed E-state index contributed by atoms with van der Waals surface area (Å²) in [6.45, 7) is 13.8. The molecule has 10 heteroatoms. The summed E-state index contributed by atoms with van der Waals surface area (Å²) in [5.74, 6) is -4.81. The van der Waals surface area contributed by atoms with Crippen LogP contribution in [0.1, 0.15) is 92.9 Å². The highest BCUT2D eigenvalue weighted by atomic mass is 16.5. The topological polar surface area (TPSA) is 154 Å². The molecule has 7 atom stereocenters. The zero-order valence-electron chi connectivity index (χ0n) is 23.9. The lowest BCUT2D eigenvalue weighted by molar-refractivity contribution is -0.152. The molecule has 0 unspecified atom stereocenters. The molecule has 0 aliphatic carbocycles. The monoisotopic (exact) mass is 539 g/mol. The third-order valence-electron chi connectivity index (χ3n) is 7.23. The highest BCUT2D eigenvalue weighted by Gasteiger charge is 2.38. The number of ether oxygens (including phenoxy) is 1. The van der Waals surface area contributed by atoms with E-state index in [0.717, 1.165) is 25.7 Å². The van der Waals surface area contributed by atoms with Gasteiger partial charge in [0.1, 0.15) is 23.9 Å². The summed E-state index contributed by atoms with van der Waals surface area (Å²) in [5.41, 5.74) is -0.348. The maximum absolute atomic E-state index is 13.1. The number of rotatable bonds is 10. The van der Waals surface area contributed by atoms with Gasteiger partial charge >= 0.3 is 5.97 Å². The van der Waals surface area contributed by atoms with Crippen LogP contribution in [0.5, 0.6) is 0 Å². The summed E-state index contributed by atoms with van der Waals surface area (Å²) in [6.07, 6.45) is 4.71. The number of aliphatic hydroxyl groups excluding tert-OH is 2. The van der Waals surface area contributed by atoms with Crippen LogP contribution < -0.4 is 16.0 Å². The first-order valence-corrected chi connectivity index (χ1v) is 14.0. The van der Waals surface area contributed by atoms with Gasteiger partial charge in [-0.3, -0.25) is 14.4 Å². The Morgan fingerprint density at radius 2 is 1.42 bits per heavy atom. The first-order chi connectivity index (χ1) is 17.8. The summed E-state index contributed by atoms with van der Waals surface area (Å²) in [5, 5.41) is 28.7. The number of unbranched alkanes of at least 4 members (excludes halogenated alkanes) is 6. The Morgan fingerprint density at radius 1 is 0.868 bits per heavy atom. The molecule has 218 valence electrons. The van der Waals surface area contributed by atoms with Gasteiger partial charge in [-0.05, 0) is 25.7 Å². The first kappa shape index (κ1) is 33.6. The maximum Gasteiger partial charge on any atom is 0.354 e. The quantitative estimate of drug-likeness (QED) is 0.162. The highest BCUT2D eigenvalue weighted by Crippen LogP contribution is 2.25. The second kappa shape index (κ2) is 16.5. The van der Waals surface area contributed by atoms with E-state index in [1.165, 1.54) is 26.2 Å². The van der Waals surface area contributed by atoms with Crippen molar-refractivity contribution >= 4 is 23.7 Å². The van der Waals surface area contributed by atoms with E-state index in [4.69, 9.17) is 4.74 Å². The fourth-order valence-electron chi connectivity index (χ4n) is 4.52. The summed E-state index contributed by atoms with van der Waals surface area (Å²) < 4.78 is 5.68. The summed E-state index contributed by atoms with van der Waals surface area (Å²) >= 11 is 0. The minimum absolute atomic E-state index is 0.348. The summed E-state index contributed by atoms with van der Waals surface area (Å²) in [6, 6.07) is -2.42. The van der Waals surface area contributed by atoms with Crippen molar-refractivity contribution in [1.29, 1.82) is 0 Å². The smallest absolute Gasteiger partial charge is 0.354 e. The van der Waals surface area contributed by atoms with E-state index in [1.807, 2.05) is 0 Å². The molecule has 1 heterocycles. The second-order valence-corrected chi connectivity index (χ2v) is 10.9. The normalized spacial score (nSPS) is 29.0. The van der Waals surface area contributed by atoms with Crippen LogP contribution >= 0.6 is 0 Å². The van der Waals surface area contributed by atoms with E-state index < -0.39 is 65.9 Å². The molecule has 1 aliphatic heterocycles. The average Bonchev–Trinajstić information content (AvgIpc) is 2.86. The fourth-order valence-corrected chi connectivity index (χ4v) is 4.52. The van der Waals surface area contributed by atoms with E-state index in [1.54, 1.807) is 27.7 Å². The number of hydrogen-bond acceptors (Lipinski definition) is 7. The second-order valence-electron chi connectivity index (χ2n) is 10.9. The Balaban J connectivity index is 3.21. The number of carbonyl (C=O) groups is 4. The Morgan fingerprint density at radius 3 is 1.97 bits per heavy atom. The van der Waals surface area contributed by atoms with Crippen molar-refractivity contribution in [2.24, 2.45) is 17.8 Å². The number of hydrogen-bond donors (Lipinski definition) is 5. The van der Waals surface area contributed by atoms with Crippen LogP contribution in [0.15, 0.2) is 12.3 Å². The number of nitrogens with one attached hydrogen (secondary N) is 3. The van der Waals surface area contributed by atoms with Gasteiger partial charge in [-0.15, -0.1) is 0 Å². The molecule has 0 aromatic carbocycles. The number of carbonyl (C=O) groups excluding carboxylic acids is 4. The van der Waals surface area contributed by atoms with E-state index in [-0.39, 0.29) is 11.6 Å². The molecule has 10 nitrogen and oxygen atoms in total. The molecule has 0 spiro atoms. The van der Waals surface area contributed by atoms with Gasteiger partial charge < -0.3 is 30.9 Å². The van der Waals surface area contributed by atoms with Crippen LogP contribution in [0.2, 0.25) is 0 Å². The van der Waals surface area contributed by atoms with Gasteiger partial charge in [0.05, 0.1) is 18.1 Å². The van der Waals surface area contributed by atoms with Crippen LogP contribution in [0.25, 0.3) is 0 Å². The zero-order chi connectivity index (χ0) is 29.0. The van der Waals surface area contributed by atoms with Gasteiger partial charge in [0, 0.05) is 5.92 Å². The standard InChI is InChI=1S/C28H49N3O7/c1-8-9-10-11-12-13-14-15-21-17(4)24(33)18(5)25(34)30-22(16(2)3)26(35)31-23(20(7)32)27(36)29-19(6)28(37)38-21/h16-18,20-24,32-33H,6,8-15H2,1-5,7H3,(H,29,36)(H,30,34)(H,31,35)/t17-,18+,20-,21-,22-,23-,24+/m1/s1. The van der Waals surface area contributed by atoms with Crippen LogP contribution in [0.3, 0.4) is 0 Å². The molecule has 5 N–H and O–H groups in total. The molecule has 1 saturated heterocycles. The van der Waals surface area contributed by atoms with Crippen LogP contribution in [0, 0.1) is 17.8 Å². The van der Waals surface area contributed by atoms with E-state index in [0.29, 0.717) is 6.42 Å². The molecule has 0 radical (unpaired) electrons. The van der Waals surface area contributed by atoms with Crippen LogP contribution in [-0.4, -0.2) is 64.3 Å². The lowest BCUT2D eigenvalue weighted by Gasteiger charge is -2.32. The van der Waals surface area contributed by atoms with Gasteiger partial charge in [-0.1, -0.05) is 79.7 Å². The number of aliphatic hydroxyl groups is 2. The average molecular weight is 540 g/mol. The molecule has 0 saturated carbocycles. The molecule has 0 aromatic heterocycles. The van der Waals surface area contributed by atoms with Crippen molar-refractivity contribution in [2.75, 3.05) is 0 Å². The Labute approximate surface area is 227 Å². The van der Waals surface area contributed by atoms with Crippen molar-refractivity contribution in [3.63, 3.8) is 0 Å². The van der Waals surface area contributed by atoms with Gasteiger partial charge in [-0.25, -0.2) is 4.79 Å². The zero-order valence-corrected chi connectivity index (χ0v) is 23.9. The van der Waals surface area contributed by atoms with Crippen molar-refractivity contribution < 1.29 is 34.1 Å². The van der Waals surface area contributed by atoms with Crippen LogP contribution in [-0.2, 0) is 23.9 Å². The van der Waals surface area contributed by atoms with Gasteiger partial charge in [-0.2, -0.15) is 0 Å². The Kier molecular flexibility index (Phi) is 14.6. The molecule has 3 amide bonds. The Hall–Kier alpha value is -2.46. The molecule has 38 heavy (non-hydrogen) atoms. The lowest BCUT2D eigenvalue weighted by atomic mass is 9.86. The molecule has 0 aromatic rings. The minimum Gasteiger partial charge on any atom is -0.457 e. The number of cyclic esters (lactones) is 1. The predicted octanol–water partition coefficient (Wildman–Crippen LogP) is 2.32. The van der Waals surface area contributed by atoms with E-state index in [2.05, 4.69) is 29.5 Å². The molecule has 1 aliphatic rings. The molecular weight excluding hydrogens is 490 g/mol. The molecule has 0 bridgehead atoms. The Bertz CT molecular complexity index is 814. The van der Waals surface area contributed by atoms with Crippen molar-refractivity contribution in [2.45, 2.75) is 123 Å². The third kappa shape index (κ3) is 10.4. The van der Waals surface area contributed by atoms with Gasteiger partial charge in [0.25, 0.3) is 0 Å². The maximum atomic E-state index is 13.1. The third-order valence-corrected chi connectivity index (χ3v) is 7.23. The van der Waals surface area contributed by atoms with Gasteiger partial charge in [0.15, 0.2) is 0 Å². The lowest BCUT2D eigenvalue weighted by Crippen LogP contribution is -2.59. The largest absolute Gasteiger partial charge is 0.457 e. The van der Waals surface area contributed by atoms with Crippen molar-refractivity contribution in [3.8, 4) is 0 Å². The van der Waals surface area contributed by atoms with E-state index >= 15 is 0 Å². The molecule has 1 rings (SSSR count). The number of amides is 3. The van der Waals surface area contributed by atoms with Crippen LogP contribution in [0.4, 0.5) is 0 Å².